The summed E-state index contributed by atoms with van der Waals surface area (Å²) in [7, 11) is -3.98. The van der Waals surface area contributed by atoms with Gasteiger partial charge in [-0.2, -0.15) is 0 Å². The van der Waals surface area contributed by atoms with Crippen LogP contribution in [0.4, 0.5) is 5.69 Å². The zero-order chi connectivity index (χ0) is 23.3. The normalized spacial score (nSPS) is 11.1. The number of anilines is 1. The van der Waals surface area contributed by atoms with Gasteiger partial charge in [-0.3, -0.25) is 9.52 Å². The van der Waals surface area contributed by atoms with E-state index in [2.05, 4.69) is 10.0 Å². The summed E-state index contributed by atoms with van der Waals surface area (Å²) < 4.78 is 33.8. The third-order valence-corrected chi connectivity index (χ3v) is 6.79. The number of amides is 1. The molecular weight excluding hydrogens is 448 g/mol. The lowest BCUT2D eigenvalue weighted by Gasteiger charge is -2.12. The Morgan fingerprint density at radius 2 is 1.69 bits per heavy atom. The summed E-state index contributed by atoms with van der Waals surface area (Å²) >= 11 is 6.16. The van der Waals surface area contributed by atoms with E-state index in [1.165, 1.54) is 18.2 Å². The minimum absolute atomic E-state index is 0.0318. The van der Waals surface area contributed by atoms with Crippen LogP contribution in [0.15, 0.2) is 65.6 Å². The molecule has 0 heterocycles. The molecule has 0 aromatic heterocycles. The van der Waals surface area contributed by atoms with Gasteiger partial charge in [-0.25, -0.2) is 8.42 Å². The Labute approximate surface area is 193 Å². The summed E-state index contributed by atoms with van der Waals surface area (Å²) in [6.07, 6.45) is 0. The molecule has 32 heavy (non-hydrogen) atoms. The lowest BCUT2D eigenvalue weighted by atomic mass is 10.1. The van der Waals surface area contributed by atoms with E-state index in [4.69, 9.17) is 16.3 Å². The highest BCUT2D eigenvalue weighted by Crippen LogP contribution is 2.26. The molecule has 0 saturated carbocycles. The Kier molecular flexibility index (Phi) is 7.43. The quantitative estimate of drug-likeness (QED) is 0.478. The van der Waals surface area contributed by atoms with Crippen molar-refractivity contribution >= 4 is 33.2 Å². The molecule has 8 heteroatoms. The number of benzene rings is 3. The highest BCUT2D eigenvalue weighted by atomic mass is 35.5. The third-order valence-electron chi connectivity index (χ3n) is 4.93. The number of carbonyl (C=O) groups excluding carboxylic acids is 1. The van der Waals surface area contributed by atoms with Gasteiger partial charge in [-0.05, 0) is 79.9 Å². The van der Waals surface area contributed by atoms with E-state index in [9.17, 15) is 13.2 Å². The van der Waals surface area contributed by atoms with Crippen molar-refractivity contribution in [3.63, 3.8) is 0 Å². The van der Waals surface area contributed by atoms with E-state index in [1.54, 1.807) is 12.1 Å². The third kappa shape index (κ3) is 5.81. The van der Waals surface area contributed by atoms with Gasteiger partial charge in [0, 0.05) is 17.8 Å². The summed E-state index contributed by atoms with van der Waals surface area (Å²) in [5.74, 6) is 0.351. The molecule has 0 aliphatic heterocycles. The average molecular weight is 473 g/mol. The largest absolute Gasteiger partial charge is 0.494 e. The predicted octanol–water partition coefficient (Wildman–Crippen LogP) is 5.09. The first-order valence-electron chi connectivity index (χ1n) is 10.1. The maximum Gasteiger partial charge on any atom is 0.263 e. The Morgan fingerprint density at radius 1 is 0.969 bits per heavy atom. The number of sulfonamides is 1. The fourth-order valence-corrected chi connectivity index (χ4v) is 4.60. The molecule has 3 aromatic carbocycles. The number of hydrogen-bond acceptors (Lipinski definition) is 4. The maximum absolute atomic E-state index is 12.9. The van der Waals surface area contributed by atoms with Crippen molar-refractivity contribution in [2.24, 2.45) is 0 Å². The van der Waals surface area contributed by atoms with Crippen LogP contribution in [0, 0.1) is 13.8 Å². The van der Waals surface area contributed by atoms with Crippen LogP contribution in [0.1, 0.15) is 34.0 Å². The van der Waals surface area contributed by atoms with Crippen molar-refractivity contribution in [2.45, 2.75) is 32.2 Å². The predicted molar refractivity (Wildman–Crippen MR) is 127 cm³/mol. The number of aryl methyl sites for hydroxylation is 2. The van der Waals surface area contributed by atoms with Gasteiger partial charge in [-0.1, -0.05) is 29.8 Å². The van der Waals surface area contributed by atoms with Crippen molar-refractivity contribution in [2.75, 3.05) is 11.3 Å². The van der Waals surface area contributed by atoms with Crippen LogP contribution < -0.4 is 14.8 Å². The summed E-state index contributed by atoms with van der Waals surface area (Å²) in [5, 5.41) is 2.82. The van der Waals surface area contributed by atoms with E-state index in [-0.39, 0.29) is 22.0 Å². The van der Waals surface area contributed by atoms with Crippen LogP contribution in [0.5, 0.6) is 5.75 Å². The van der Waals surface area contributed by atoms with Crippen LogP contribution in [0.3, 0.4) is 0 Å². The first-order chi connectivity index (χ1) is 15.2. The second-order valence-corrected chi connectivity index (χ2v) is 9.37. The Balaban J connectivity index is 1.75. The monoisotopic (exact) mass is 472 g/mol. The first-order valence-corrected chi connectivity index (χ1v) is 12.0. The van der Waals surface area contributed by atoms with E-state index in [0.717, 1.165) is 22.4 Å². The van der Waals surface area contributed by atoms with Gasteiger partial charge in [-0.15, -0.1) is 0 Å². The van der Waals surface area contributed by atoms with Crippen LogP contribution in [0.25, 0.3) is 0 Å². The highest BCUT2D eigenvalue weighted by molar-refractivity contribution is 7.92. The van der Waals surface area contributed by atoms with Crippen molar-refractivity contribution in [1.29, 1.82) is 0 Å². The molecule has 0 spiro atoms. The van der Waals surface area contributed by atoms with Gasteiger partial charge in [0.05, 0.1) is 11.6 Å². The summed E-state index contributed by atoms with van der Waals surface area (Å²) in [6.45, 7) is 6.62. The maximum atomic E-state index is 12.9. The summed E-state index contributed by atoms with van der Waals surface area (Å²) in [6, 6.07) is 16.8. The summed E-state index contributed by atoms with van der Waals surface area (Å²) in [4.78, 5) is 12.5. The van der Waals surface area contributed by atoms with Crippen molar-refractivity contribution in [3.8, 4) is 5.75 Å². The zero-order valence-electron chi connectivity index (χ0n) is 18.1. The molecule has 0 aliphatic rings. The molecule has 0 fully saturated rings. The van der Waals surface area contributed by atoms with Gasteiger partial charge in [0.2, 0.25) is 0 Å². The number of nitrogens with one attached hydrogen (secondary N) is 2. The fraction of sp³-hybridized carbons (Fsp3) is 0.208. The van der Waals surface area contributed by atoms with E-state index in [1.807, 2.05) is 51.1 Å². The number of rotatable bonds is 8. The molecule has 0 saturated heterocycles. The SMILES string of the molecule is CCOc1ccc(CNC(=O)c2ccc(Cl)c(S(=O)(=O)Nc3ccc(C)c(C)c3)c2)cc1. The number of hydrogen-bond donors (Lipinski definition) is 2. The van der Waals surface area contributed by atoms with Gasteiger partial charge in [0.25, 0.3) is 15.9 Å². The molecule has 1 amide bonds. The second kappa shape index (κ2) is 10.1. The van der Waals surface area contributed by atoms with Crippen molar-refractivity contribution in [3.05, 3.63) is 87.9 Å². The lowest BCUT2D eigenvalue weighted by Crippen LogP contribution is -2.23. The number of halogens is 1. The minimum atomic E-state index is -3.98. The standard InChI is InChI=1S/C24H25ClN2O4S/c1-4-31-21-10-6-18(7-11-21)15-26-24(28)19-8-12-22(25)23(14-19)32(29,30)27-20-9-5-16(2)17(3)13-20/h5-14,27H,4,15H2,1-3H3,(H,26,28). The number of carbonyl (C=O) groups is 1. The molecule has 168 valence electrons. The number of ether oxygens (including phenoxy) is 1. The van der Waals surface area contributed by atoms with Gasteiger partial charge >= 0.3 is 0 Å². The fourth-order valence-electron chi connectivity index (χ4n) is 3.02. The van der Waals surface area contributed by atoms with E-state index < -0.39 is 15.9 Å². The molecule has 0 atom stereocenters. The molecule has 0 unspecified atom stereocenters. The molecule has 0 aliphatic carbocycles. The van der Waals surface area contributed by atoms with Gasteiger partial charge < -0.3 is 10.1 Å². The second-order valence-electron chi connectivity index (χ2n) is 7.31. The molecule has 2 N–H and O–H groups in total. The van der Waals surface area contributed by atoms with Crippen molar-refractivity contribution < 1.29 is 17.9 Å². The Bertz CT molecular complexity index is 1230. The zero-order valence-corrected chi connectivity index (χ0v) is 19.7. The lowest BCUT2D eigenvalue weighted by molar-refractivity contribution is 0.0950. The van der Waals surface area contributed by atoms with Crippen LogP contribution >= 0.6 is 11.6 Å². The van der Waals surface area contributed by atoms with Crippen LogP contribution in [-0.4, -0.2) is 20.9 Å². The Morgan fingerprint density at radius 3 is 2.34 bits per heavy atom. The van der Waals surface area contributed by atoms with Crippen LogP contribution in [0.2, 0.25) is 5.02 Å². The van der Waals surface area contributed by atoms with E-state index >= 15 is 0 Å². The molecule has 0 radical (unpaired) electrons. The molecule has 6 nitrogen and oxygen atoms in total. The average Bonchev–Trinajstić information content (AvgIpc) is 2.76. The van der Waals surface area contributed by atoms with E-state index in [0.29, 0.717) is 12.3 Å². The Hall–Kier alpha value is -3.03. The molecule has 0 bridgehead atoms. The summed E-state index contributed by atoms with van der Waals surface area (Å²) in [5.41, 5.74) is 3.52. The topological polar surface area (TPSA) is 84.5 Å². The van der Waals surface area contributed by atoms with Crippen molar-refractivity contribution in [1.82, 2.24) is 5.32 Å². The molecular formula is C24H25ClN2O4S. The molecule has 3 rings (SSSR count). The van der Waals surface area contributed by atoms with Gasteiger partial charge in [0.1, 0.15) is 10.6 Å². The van der Waals surface area contributed by atoms with Gasteiger partial charge in [0.15, 0.2) is 0 Å². The first kappa shape index (κ1) is 23.6. The minimum Gasteiger partial charge on any atom is -0.494 e. The smallest absolute Gasteiger partial charge is 0.263 e. The molecule has 3 aromatic rings. The van der Waals surface area contributed by atoms with Crippen LogP contribution in [-0.2, 0) is 16.6 Å². The highest BCUT2D eigenvalue weighted by Gasteiger charge is 2.20.